The summed E-state index contributed by atoms with van der Waals surface area (Å²) in [7, 11) is 0. The Bertz CT molecular complexity index is 561. The van der Waals surface area contributed by atoms with Gasteiger partial charge in [0.15, 0.2) is 0 Å². The number of aromatic nitrogens is 1. The predicted octanol–water partition coefficient (Wildman–Crippen LogP) is 3.17. The largest absolute Gasteiger partial charge is 0.307 e. The van der Waals surface area contributed by atoms with Crippen LogP contribution in [0.4, 0.5) is 0 Å². The molecule has 0 spiro atoms. The molecule has 0 unspecified atom stereocenters. The number of hydrogen-bond donors (Lipinski definition) is 1. The molecule has 2 heteroatoms. The first-order valence-electron chi connectivity index (χ1n) is 7.06. The molecule has 0 amide bonds. The van der Waals surface area contributed by atoms with Crippen molar-refractivity contribution in [2.24, 2.45) is 0 Å². The number of fused-ring (bicyclic) bond motifs is 1. The van der Waals surface area contributed by atoms with Crippen molar-refractivity contribution in [3.63, 3.8) is 0 Å². The first-order chi connectivity index (χ1) is 9.33. The summed E-state index contributed by atoms with van der Waals surface area (Å²) in [6.45, 7) is 3.90. The Morgan fingerprint density at radius 3 is 2.79 bits per heavy atom. The van der Waals surface area contributed by atoms with Crippen molar-refractivity contribution in [2.75, 3.05) is 0 Å². The molecular formula is C17H20N2. The molecule has 0 radical (unpaired) electrons. The molecule has 0 atom stereocenters. The molecule has 0 fully saturated rings. The molecule has 1 heterocycles. The molecule has 2 aromatic rings. The molecule has 1 aliphatic carbocycles. The highest BCUT2D eigenvalue weighted by atomic mass is 14.9. The first-order valence-corrected chi connectivity index (χ1v) is 7.06. The van der Waals surface area contributed by atoms with Gasteiger partial charge in [0.1, 0.15) is 0 Å². The summed E-state index contributed by atoms with van der Waals surface area (Å²) in [4.78, 5) is 4.71. The van der Waals surface area contributed by atoms with Crippen LogP contribution in [0, 0.1) is 6.92 Å². The van der Waals surface area contributed by atoms with Crippen molar-refractivity contribution >= 4 is 0 Å². The van der Waals surface area contributed by atoms with E-state index >= 15 is 0 Å². The molecule has 1 aliphatic rings. The third kappa shape index (κ3) is 2.85. The van der Waals surface area contributed by atoms with E-state index in [0.29, 0.717) is 0 Å². The zero-order valence-electron chi connectivity index (χ0n) is 11.4. The van der Waals surface area contributed by atoms with Crippen molar-refractivity contribution in [1.82, 2.24) is 10.3 Å². The van der Waals surface area contributed by atoms with E-state index in [2.05, 4.69) is 48.6 Å². The van der Waals surface area contributed by atoms with Crippen LogP contribution >= 0.6 is 0 Å². The Kier molecular flexibility index (Phi) is 3.60. The van der Waals surface area contributed by atoms with Crippen LogP contribution in [0.15, 0.2) is 36.4 Å². The van der Waals surface area contributed by atoms with Gasteiger partial charge in [0, 0.05) is 18.8 Å². The molecule has 2 nitrogen and oxygen atoms in total. The average molecular weight is 252 g/mol. The standard InChI is InChI=1S/C17H20N2/c1-13-17-9-5-8-15(17)10-16(19-13)12-18-11-14-6-3-2-4-7-14/h2-4,6-7,10,18H,5,8-9,11-12H2,1H3. The number of aryl methyl sites for hydroxylation is 2. The van der Waals surface area contributed by atoms with E-state index in [9.17, 15) is 0 Å². The number of nitrogens with zero attached hydrogens (tertiary/aromatic N) is 1. The fraction of sp³-hybridized carbons (Fsp3) is 0.353. The van der Waals surface area contributed by atoms with Gasteiger partial charge in [-0.3, -0.25) is 4.98 Å². The highest BCUT2D eigenvalue weighted by Crippen LogP contribution is 2.24. The summed E-state index contributed by atoms with van der Waals surface area (Å²) in [6, 6.07) is 12.8. The molecule has 98 valence electrons. The molecule has 0 aliphatic heterocycles. The highest BCUT2D eigenvalue weighted by molar-refractivity contribution is 5.35. The van der Waals surface area contributed by atoms with E-state index in [4.69, 9.17) is 4.98 Å². The van der Waals surface area contributed by atoms with E-state index < -0.39 is 0 Å². The summed E-state index contributed by atoms with van der Waals surface area (Å²) in [5, 5.41) is 3.47. The topological polar surface area (TPSA) is 24.9 Å². The predicted molar refractivity (Wildman–Crippen MR) is 78.0 cm³/mol. The lowest BCUT2D eigenvalue weighted by atomic mass is 10.1. The smallest absolute Gasteiger partial charge is 0.0547 e. The van der Waals surface area contributed by atoms with E-state index in [1.807, 2.05) is 0 Å². The van der Waals surface area contributed by atoms with Gasteiger partial charge >= 0.3 is 0 Å². The lowest BCUT2D eigenvalue weighted by Crippen LogP contribution is -2.14. The van der Waals surface area contributed by atoms with Crippen molar-refractivity contribution in [1.29, 1.82) is 0 Å². The maximum atomic E-state index is 4.71. The maximum absolute atomic E-state index is 4.71. The summed E-state index contributed by atoms with van der Waals surface area (Å²) < 4.78 is 0. The minimum Gasteiger partial charge on any atom is -0.307 e. The van der Waals surface area contributed by atoms with Crippen LogP contribution in [-0.2, 0) is 25.9 Å². The monoisotopic (exact) mass is 252 g/mol. The van der Waals surface area contributed by atoms with Gasteiger partial charge in [-0.15, -0.1) is 0 Å². The van der Waals surface area contributed by atoms with E-state index in [1.54, 1.807) is 0 Å². The normalized spacial score (nSPS) is 13.5. The Labute approximate surface area is 114 Å². The van der Waals surface area contributed by atoms with Gasteiger partial charge in [0.05, 0.1) is 5.69 Å². The summed E-state index contributed by atoms with van der Waals surface area (Å²) in [5.74, 6) is 0. The number of pyridine rings is 1. The van der Waals surface area contributed by atoms with E-state index in [-0.39, 0.29) is 0 Å². The highest BCUT2D eigenvalue weighted by Gasteiger charge is 2.14. The van der Waals surface area contributed by atoms with E-state index in [1.165, 1.54) is 47.3 Å². The lowest BCUT2D eigenvalue weighted by Gasteiger charge is -2.09. The second kappa shape index (κ2) is 5.54. The molecule has 1 aromatic heterocycles. The average Bonchev–Trinajstić information content (AvgIpc) is 2.89. The zero-order chi connectivity index (χ0) is 13.1. The van der Waals surface area contributed by atoms with Crippen LogP contribution in [0.2, 0.25) is 0 Å². The number of rotatable bonds is 4. The Balaban J connectivity index is 1.63. The van der Waals surface area contributed by atoms with Gasteiger partial charge in [0.25, 0.3) is 0 Å². The fourth-order valence-corrected chi connectivity index (χ4v) is 2.88. The van der Waals surface area contributed by atoms with Crippen molar-refractivity contribution in [3.05, 3.63) is 64.5 Å². The van der Waals surface area contributed by atoms with E-state index in [0.717, 1.165) is 13.1 Å². The molecule has 1 N–H and O–H groups in total. The number of hydrogen-bond acceptors (Lipinski definition) is 2. The van der Waals surface area contributed by atoms with Gasteiger partial charge in [-0.1, -0.05) is 30.3 Å². The van der Waals surface area contributed by atoms with Crippen molar-refractivity contribution in [3.8, 4) is 0 Å². The quantitative estimate of drug-likeness (QED) is 0.904. The van der Waals surface area contributed by atoms with Crippen LogP contribution in [0.1, 0.15) is 34.5 Å². The van der Waals surface area contributed by atoms with Crippen LogP contribution in [0.3, 0.4) is 0 Å². The SMILES string of the molecule is Cc1nc(CNCc2ccccc2)cc2c1CCC2. The minimum atomic E-state index is 0.850. The van der Waals surface area contributed by atoms with Crippen molar-refractivity contribution in [2.45, 2.75) is 39.3 Å². The first kappa shape index (κ1) is 12.4. The van der Waals surface area contributed by atoms with Crippen LogP contribution in [-0.4, -0.2) is 4.98 Å². The van der Waals surface area contributed by atoms with Crippen LogP contribution < -0.4 is 5.32 Å². The van der Waals surface area contributed by atoms with Gasteiger partial charge in [-0.25, -0.2) is 0 Å². The van der Waals surface area contributed by atoms with Gasteiger partial charge in [-0.2, -0.15) is 0 Å². The zero-order valence-corrected chi connectivity index (χ0v) is 11.4. The lowest BCUT2D eigenvalue weighted by molar-refractivity contribution is 0.677. The Morgan fingerprint density at radius 1 is 1.11 bits per heavy atom. The van der Waals surface area contributed by atoms with Crippen molar-refractivity contribution < 1.29 is 0 Å². The van der Waals surface area contributed by atoms with Gasteiger partial charge in [0.2, 0.25) is 0 Å². The minimum absolute atomic E-state index is 0.850. The summed E-state index contributed by atoms with van der Waals surface area (Å²) in [6.07, 6.45) is 3.73. The molecule has 3 rings (SSSR count). The summed E-state index contributed by atoms with van der Waals surface area (Å²) in [5.41, 5.74) is 6.73. The molecule has 0 bridgehead atoms. The molecule has 0 saturated carbocycles. The molecule has 19 heavy (non-hydrogen) atoms. The second-order valence-electron chi connectivity index (χ2n) is 5.28. The second-order valence-corrected chi connectivity index (χ2v) is 5.28. The molecule has 0 saturated heterocycles. The van der Waals surface area contributed by atoms with Gasteiger partial charge in [-0.05, 0) is 48.9 Å². The van der Waals surface area contributed by atoms with Crippen LogP contribution in [0.5, 0.6) is 0 Å². The van der Waals surface area contributed by atoms with Gasteiger partial charge < -0.3 is 5.32 Å². The Hall–Kier alpha value is -1.67. The third-order valence-corrected chi connectivity index (χ3v) is 3.83. The maximum Gasteiger partial charge on any atom is 0.0547 e. The third-order valence-electron chi connectivity index (χ3n) is 3.83. The van der Waals surface area contributed by atoms with Crippen LogP contribution in [0.25, 0.3) is 0 Å². The number of benzene rings is 1. The number of nitrogens with one attached hydrogen (secondary N) is 1. The Morgan fingerprint density at radius 2 is 1.95 bits per heavy atom. The fourth-order valence-electron chi connectivity index (χ4n) is 2.88. The molecular weight excluding hydrogens is 232 g/mol. The molecule has 1 aromatic carbocycles. The summed E-state index contributed by atoms with van der Waals surface area (Å²) >= 11 is 0.